The molecule has 0 aromatic carbocycles. The van der Waals surface area contributed by atoms with Gasteiger partial charge >= 0.3 is 5.97 Å². The highest BCUT2D eigenvalue weighted by Gasteiger charge is 2.48. The first-order valence-corrected chi connectivity index (χ1v) is 11.7. The molecule has 0 aromatic heterocycles. The van der Waals surface area contributed by atoms with Crippen LogP contribution in [0, 0.1) is 0 Å². The van der Waals surface area contributed by atoms with Crippen LogP contribution < -0.4 is 5.32 Å². The monoisotopic (exact) mass is 397 g/mol. The van der Waals surface area contributed by atoms with Gasteiger partial charge < -0.3 is 24.8 Å². The molecule has 2 aliphatic heterocycles. The van der Waals surface area contributed by atoms with E-state index in [1.165, 1.54) is 13.8 Å². The molecule has 0 spiro atoms. The fourth-order valence-electron chi connectivity index (χ4n) is 2.93. The quantitative estimate of drug-likeness (QED) is 0.529. The first-order chi connectivity index (χ1) is 12.5. The predicted octanol–water partition coefficient (Wildman–Crippen LogP) is 0.938. The molecule has 1 unspecified atom stereocenters. The molecule has 0 bridgehead atoms. The molecule has 2 heterocycles. The molecule has 150 valence electrons. The van der Waals surface area contributed by atoms with E-state index in [9.17, 15) is 14.7 Å². The summed E-state index contributed by atoms with van der Waals surface area (Å²) in [5.74, 6) is -0.0933. The Morgan fingerprint density at radius 1 is 1.44 bits per heavy atom. The van der Waals surface area contributed by atoms with Crippen LogP contribution >= 0.6 is 6.89 Å². The summed E-state index contributed by atoms with van der Waals surface area (Å²) in [6, 6.07) is 0. The summed E-state index contributed by atoms with van der Waals surface area (Å²) in [5.41, 5.74) is 0. The van der Waals surface area contributed by atoms with Gasteiger partial charge in [-0.05, 0) is 32.0 Å². The molecule has 1 fully saturated rings. The Morgan fingerprint density at radius 2 is 2.11 bits per heavy atom. The Bertz CT molecular complexity index is 727. The number of nitrogens with one attached hydrogen (secondary N) is 1. The zero-order chi connectivity index (χ0) is 20.4. The largest absolute Gasteiger partial charge is 0.455 e. The number of ether oxygens (including phenoxy) is 2. The van der Waals surface area contributed by atoms with Gasteiger partial charge in [0.25, 0.3) is 0 Å². The van der Waals surface area contributed by atoms with Crippen molar-refractivity contribution < 1.29 is 24.2 Å². The van der Waals surface area contributed by atoms with Crippen molar-refractivity contribution in [1.29, 1.82) is 0 Å². The number of hydrogen-bond donors (Lipinski definition) is 2. The van der Waals surface area contributed by atoms with Gasteiger partial charge in [0.15, 0.2) is 12.3 Å². The number of rotatable bonds is 5. The molecule has 0 aromatic rings. The van der Waals surface area contributed by atoms with Crippen molar-refractivity contribution in [3.63, 3.8) is 0 Å². The summed E-state index contributed by atoms with van der Waals surface area (Å²) in [4.78, 5) is 28.5. The summed E-state index contributed by atoms with van der Waals surface area (Å²) in [6.45, 7) is 9.49. The minimum Gasteiger partial charge on any atom is -0.455 e. The average Bonchev–Trinajstić information content (AvgIpc) is 2.80. The third-order valence-corrected chi connectivity index (χ3v) is 5.62. The predicted molar refractivity (Wildman–Crippen MR) is 107 cm³/mol. The Balaban J connectivity index is 2.17. The van der Waals surface area contributed by atoms with Crippen molar-refractivity contribution in [2.45, 2.75) is 44.8 Å². The number of aliphatic hydroxyl groups excluding tert-OH is 1. The molecule has 0 radical (unpaired) electrons. The van der Waals surface area contributed by atoms with Crippen molar-refractivity contribution in [2.75, 3.05) is 19.5 Å². The Hall–Kier alpha value is -1.89. The first kappa shape index (κ1) is 21.4. The molecule has 0 saturated carbocycles. The highest BCUT2D eigenvalue weighted by atomic mass is 31.2. The highest BCUT2D eigenvalue weighted by molar-refractivity contribution is 7.72. The molecule has 0 aliphatic carbocycles. The van der Waals surface area contributed by atoms with Crippen LogP contribution in [0.4, 0.5) is 0 Å². The van der Waals surface area contributed by atoms with Gasteiger partial charge in [0, 0.05) is 20.0 Å². The van der Waals surface area contributed by atoms with E-state index in [2.05, 4.69) is 36.5 Å². The summed E-state index contributed by atoms with van der Waals surface area (Å²) in [5, 5.41) is 13.2. The number of aliphatic hydroxyl groups is 1. The SMILES string of the molecule is C=C1N=C(NC(C)=O)C=CN1C1O[C@H](CCP(=C)(C)C)[C@@H](O)[C@H]1OC(C)=O. The zero-order valence-electron chi connectivity index (χ0n) is 16.2. The van der Waals surface area contributed by atoms with Crippen LogP contribution in [0.3, 0.4) is 0 Å². The number of carbonyl (C=O) groups is 2. The van der Waals surface area contributed by atoms with Crippen molar-refractivity contribution in [3.05, 3.63) is 24.7 Å². The second-order valence-electron chi connectivity index (χ2n) is 7.40. The standard InChI is InChI=1S/C18H28N3O5P/c1-11-19-15(20-12(2)22)7-9-21(11)18-17(25-13(3)23)16(24)14(26-18)8-10-27(4,5)6/h7,9,14,16-18,24H,1,4,8,10H2,2-3,5-6H3,(H,19,20,22)/t14-,16-,17-,18?/m1/s1. The van der Waals surface area contributed by atoms with Crippen LogP contribution in [0.25, 0.3) is 0 Å². The Kier molecular flexibility index (Phi) is 6.68. The smallest absolute Gasteiger partial charge is 0.303 e. The molecular formula is C18H28N3O5P. The summed E-state index contributed by atoms with van der Waals surface area (Å²) in [7, 11) is 0. The van der Waals surface area contributed by atoms with E-state index in [1.54, 1.807) is 17.2 Å². The van der Waals surface area contributed by atoms with Crippen LogP contribution in [0.5, 0.6) is 0 Å². The number of amides is 1. The number of esters is 1. The zero-order valence-corrected chi connectivity index (χ0v) is 17.1. The molecule has 2 N–H and O–H groups in total. The van der Waals surface area contributed by atoms with Gasteiger partial charge in [-0.2, -0.15) is 0 Å². The number of amidine groups is 1. The lowest BCUT2D eigenvalue weighted by Crippen LogP contribution is -2.44. The van der Waals surface area contributed by atoms with Gasteiger partial charge in [0.2, 0.25) is 5.91 Å². The van der Waals surface area contributed by atoms with E-state index >= 15 is 0 Å². The summed E-state index contributed by atoms with van der Waals surface area (Å²) in [6.07, 6.45) is 5.78. The Morgan fingerprint density at radius 3 is 2.63 bits per heavy atom. The van der Waals surface area contributed by atoms with E-state index in [0.717, 1.165) is 6.16 Å². The number of nitrogens with zero attached hydrogens (tertiary/aromatic N) is 2. The van der Waals surface area contributed by atoms with Crippen LogP contribution in [0.15, 0.2) is 29.7 Å². The summed E-state index contributed by atoms with van der Waals surface area (Å²) >= 11 is 0. The Labute approximate surface area is 159 Å². The second-order valence-corrected chi connectivity index (χ2v) is 11.7. The fraction of sp³-hybridized carbons (Fsp3) is 0.556. The van der Waals surface area contributed by atoms with E-state index in [0.29, 0.717) is 18.1 Å². The van der Waals surface area contributed by atoms with Gasteiger partial charge in [-0.15, -0.1) is 13.2 Å². The maximum Gasteiger partial charge on any atom is 0.303 e. The van der Waals surface area contributed by atoms with Crippen molar-refractivity contribution in [2.24, 2.45) is 4.99 Å². The van der Waals surface area contributed by atoms with Gasteiger partial charge in [-0.25, -0.2) is 4.99 Å². The van der Waals surface area contributed by atoms with E-state index in [4.69, 9.17) is 9.47 Å². The molecule has 1 amide bonds. The molecule has 2 aliphatic rings. The van der Waals surface area contributed by atoms with Crippen molar-refractivity contribution in [3.8, 4) is 0 Å². The molecule has 4 atom stereocenters. The number of carbonyl (C=O) groups excluding carboxylic acids is 2. The molecule has 8 nitrogen and oxygen atoms in total. The topological polar surface area (TPSA) is 100 Å². The molecule has 1 saturated heterocycles. The van der Waals surface area contributed by atoms with Gasteiger partial charge in [0.1, 0.15) is 17.8 Å². The van der Waals surface area contributed by atoms with Crippen LogP contribution in [0.2, 0.25) is 0 Å². The lowest BCUT2D eigenvalue weighted by Gasteiger charge is -2.32. The average molecular weight is 397 g/mol. The number of aliphatic imine (C=N–C) groups is 1. The van der Waals surface area contributed by atoms with E-state index in [-0.39, 0.29) is 5.91 Å². The van der Waals surface area contributed by atoms with E-state index in [1.807, 2.05) is 0 Å². The first-order valence-electron chi connectivity index (χ1n) is 8.68. The normalized spacial score (nSPS) is 28.1. The molecular weight excluding hydrogens is 369 g/mol. The second kappa shape index (κ2) is 8.42. The number of hydrogen-bond acceptors (Lipinski definition) is 7. The third-order valence-electron chi connectivity index (χ3n) is 4.15. The fourth-order valence-corrected chi connectivity index (χ4v) is 3.88. The van der Waals surface area contributed by atoms with Gasteiger partial charge in [0.05, 0.1) is 6.10 Å². The molecule has 2 rings (SSSR count). The summed E-state index contributed by atoms with van der Waals surface area (Å²) < 4.78 is 11.4. The van der Waals surface area contributed by atoms with Gasteiger partial charge in [-0.3, -0.25) is 9.59 Å². The van der Waals surface area contributed by atoms with E-state index < -0.39 is 37.4 Å². The minimum absolute atomic E-state index is 0.246. The molecule has 9 heteroatoms. The van der Waals surface area contributed by atoms with Crippen LogP contribution in [-0.4, -0.2) is 78.0 Å². The minimum atomic E-state index is -1.28. The maximum atomic E-state index is 11.5. The maximum absolute atomic E-state index is 11.5. The van der Waals surface area contributed by atoms with Crippen LogP contribution in [0.1, 0.15) is 20.3 Å². The van der Waals surface area contributed by atoms with Crippen LogP contribution in [-0.2, 0) is 19.1 Å². The lowest BCUT2D eigenvalue weighted by atomic mass is 10.1. The van der Waals surface area contributed by atoms with Crippen molar-refractivity contribution >= 4 is 30.9 Å². The van der Waals surface area contributed by atoms with Gasteiger partial charge in [-0.1, -0.05) is 6.58 Å². The third kappa shape index (κ3) is 5.79. The van der Waals surface area contributed by atoms with Crippen molar-refractivity contribution in [1.82, 2.24) is 10.2 Å². The molecule has 27 heavy (non-hydrogen) atoms. The lowest BCUT2D eigenvalue weighted by molar-refractivity contribution is -0.157. The highest BCUT2D eigenvalue weighted by Crippen LogP contribution is 2.39.